The lowest BCUT2D eigenvalue weighted by atomic mass is 10.0. The van der Waals surface area contributed by atoms with Crippen LogP contribution in [0.4, 0.5) is 0 Å². The predicted octanol–water partition coefficient (Wildman–Crippen LogP) is 3.14. The molecule has 14 heteroatoms. The molecule has 1 aromatic heterocycles. The number of benzene rings is 1. The number of amides is 4. The van der Waals surface area contributed by atoms with Crippen LogP contribution in [0.1, 0.15) is 74.6 Å². The normalized spacial score (nSPS) is 29.8. The molecule has 3 N–H and O–H groups in total. The number of fused-ring (bicyclic) bond motifs is 6. The molecule has 0 saturated carbocycles. The maximum absolute atomic E-state index is 14.1. The van der Waals surface area contributed by atoms with Gasteiger partial charge in [0.15, 0.2) is 6.04 Å². The molecule has 6 bridgehead atoms. The molecule has 5 heterocycles. The Bertz CT molecular complexity index is 1610. The Kier molecular flexibility index (Phi) is 10.2. The Morgan fingerprint density at radius 3 is 2.42 bits per heavy atom. The molecule has 6 rings (SSSR count). The summed E-state index contributed by atoms with van der Waals surface area (Å²) >= 11 is 2.82. The number of thioether (sulfide) groups is 1. The van der Waals surface area contributed by atoms with Crippen LogP contribution in [0.3, 0.4) is 0 Å². The quantitative estimate of drug-likeness (QED) is 0.445. The van der Waals surface area contributed by atoms with Crippen LogP contribution in [0.2, 0.25) is 0 Å². The van der Waals surface area contributed by atoms with E-state index in [1.807, 2.05) is 62.9 Å². The number of ether oxygens (including phenoxy) is 1. The first-order valence-electron chi connectivity index (χ1n) is 16.7. The van der Waals surface area contributed by atoms with Gasteiger partial charge < -0.3 is 25.6 Å². The minimum absolute atomic E-state index is 0.00145. The zero-order chi connectivity index (χ0) is 34.1. The molecule has 4 amide bonds. The molecule has 4 aliphatic heterocycles. The van der Waals surface area contributed by atoms with E-state index in [0.29, 0.717) is 23.7 Å². The number of nitrogens with zero attached hydrogens (tertiary/aromatic N) is 4. The van der Waals surface area contributed by atoms with Crippen molar-refractivity contribution in [3.8, 4) is 0 Å². The summed E-state index contributed by atoms with van der Waals surface area (Å²) in [6.07, 6.45) is 1.31. The maximum Gasteiger partial charge on any atom is 0.271 e. The first-order valence-corrected chi connectivity index (χ1v) is 18.5. The Morgan fingerprint density at radius 2 is 1.69 bits per heavy atom. The van der Waals surface area contributed by atoms with Crippen molar-refractivity contribution < 1.29 is 23.9 Å². The first-order chi connectivity index (χ1) is 23.0. The number of carbonyl (C=O) groups excluding carboxylic acids is 4. The second-order valence-electron chi connectivity index (χ2n) is 13.5. The van der Waals surface area contributed by atoms with Gasteiger partial charge in [-0.2, -0.15) is 0 Å². The zero-order valence-electron chi connectivity index (χ0n) is 27.8. The van der Waals surface area contributed by atoms with Crippen LogP contribution < -0.4 is 16.0 Å². The molecular weight excluding hydrogens is 651 g/mol. The molecule has 4 aliphatic rings. The fourth-order valence-electron chi connectivity index (χ4n) is 6.48. The fourth-order valence-corrected chi connectivity index (χ4v) is 8.69. The molecule has 1 fully saturated rings. The van der Waals surface area contributed by atoms with Gasteiger partial charge in [-0.25, -0.2) is 9.98 Å². The molecule has 1 saturated heterocycles. The van der Waals surface area contributed by atoms with Gasteiger partial charge in [-0.15, -0.1) is 23.1 Å². The summed E-state index contributed by atoms with van der Waals surface area (Å²) in [5.74, 6) is -0.692. The summed E-state index contributed by atoms with van der Waals surface area (Å²) in [6, 6.07) is 6.01. The van der Waals surface area contributed by atoms with Crippen LogP contribution in [0.25, 0.3) is 0 Å². The number of hydrogen-bond acceptors (Lipinski definition) is 10. The van der Waals surface area contributed by atoms with Crippen LogP contribution >= 0.6 is 23.1 Å². The van der Waals surface area contributed by atoms with E-state index >= 15 is 0 Å². The highest BCUT2D eigenvalue weighted by Crippen LogP contribution is 2.32. The van der Waals surface area contributed by atoms with Crippen molar-refractivity contribution in [3.63, 3.8) is 0 Å². The van der Waals surface area contributed by atoms with Crippen molar-refractivity contribution in [3.05, 3.63) is 52.0 Å². The second kappa shape index (κ2) is 14.4. The molecular formula is C34H43N7O5S2. The summed E-state index contributed by atoms with van der Waals surface area (Å²) in [5, 5.41) is 12.2. The van der Waals surface area contributed by atoms with Gasteiger partial charge in [0.05, 0.1) is 17.1 Å². The number of rotatable bonds is 4. The lowest BCUT2D eigenvalue weighted by molar-refractivity contribution is -0.138. The molecule has 1 aromatic carbocycles. The van der Waals surface area contributed by atoms with E-state index in [0.717, 1.165) is 23.4 Å². The van der Waals surface area contributed by atoms with Crippen molar-refractivity contribution in [1.29, 1.82) is 0 Å². The lowest BCUT2D eigenvalue weighted by Gasteiger charge is -2.31. The summed E-state index contributed by atoms with van der Waals surface area (Å²) < 4.78 is 6.16. The predicted molar refractivity (Wildman–Crippen MR) is 186 cm³/mol. The number of nitrogens with one attached hydrogen (secondary N) is 3. The van der Waals surface area contributed by atoms with Gasteiger partial charge in [0.25, 0.3) is 5.91 Å². The number of aliphatic imine (C=N–C) groups is 2. The molecule has 0 radical (unpaired) electrons. The summed E-state index contributed by atoms with van der Waals surface area (Å²) in [6.45, 7) is 10.1. The number of carbonyl (C=O) groups is 4. The van der Waals surface area contributed by atoms with E-state index in [1.54, 1.807) is 12.3 Å². The SMILES string of the molecule is CC(C)[C@@H]1NC(=O)[C@H]2N=C(O[C@@H]2C)[C@@H](Cc2ccccc2)NC(=O)c2csc(n2)[C@@H](C(C)C)NC(=O)[C@@H]2CSC(=N2)[C@@H]2CCCN2C1=O. The fraction of sp³-hybridized carbons (Fsp3) is 0.559. The monoisotopic (exact) mass is 693 g/mol. The van der Waals surface area contributed by atoms with E-state index in [2.05, 4.69) is 20.9 Å². The topological polar surface area (TPSA) is 154 Å². The van der Waals surface area contributed by atoms with Gasteiger partial charge in [0.2, 0.25) is 23.6 Å². The van der Waals surface area contributed by atoms with Crippen LogP contribution in [0.15, 0.2) is 45.7 Å². The van der Waals surface area contributed by atoms with Gasteiger partial charge >= 0.3 is 0 Å². The Morgan fingerprint density at radius 1 is 0.958 bits per heavy atom. The first kappa shape index (κ1) is 34.1. The zero-order valence-corrected chi connectivity index (χ0v) is 29.5. The standard InChI is InChI=1S/C34H43N7O5S2/c1-17(2)25-33-37-22(16-48-33)28(42)35-21(14-20-10-7-6-8-11-20)31-40-27(19(5)46-31)30(44)39-26(18(3)4)34(45)41-13-9-12-24(41)32-36-23(15-47-32)29(43)38-25/h6-8,10-11,16-19,21,23-27H,9,12-15H2,1-5H3,(H,35,42)(H,38,43)(H,39,44)/t19-,21-,23+,24+,25-,26+,27+/m1/s1. The Balaban J connectivity index is 1.37. The molecule has 0 spiro atoms. The molecule has 0 unspecified atom stereocenters. The summed E-state index contributed by atoms with van der Waals surface area (Å²) in [7, 11) is 0. The lowest BCUT2D eigenvalue weighted by Crippen LogP contribution is -2.55. The van der Waals surface area contributed by atoms with Crippen LogP contribution in [-0.2, 0) is 25.5 Å². The number of hydrogen-bond donors (Lipinski definition) is 3. The smallest absolute Gasteiger partial charge is 0.271 e. The van der Waals surface area contributed by atoms with Gasteiger partial charge in [-0.05, 0) is 37.2 Å². The third-order valence-electron chi connectivity index (χ3n) is 9.18. The van der Waals surface area contributed by atoms with Gasteiger partial charge in [-0.1, -0.05) is 58.0 Å². The minimum atomic E-state index is -0.905. The third kappa shape index (κ3) is 7.14. The second-order valence-corrected chi connectivity index (χ2v) is 15.4. The molecule has 256 valence electrons. The highest BCUT2D eigenvalue weighted by molar-refractivity contribution is 8.14. The van der Waals surface area contributed by atoms with E-state index in [-0.39, 0.29) is 41.3 Å². The highest BCUT2D eigenvalue weighted by Gasteiger charge is 2.43. The maximum atomic E-state index is 14.1. The van der Waals surface area contributed by atoms with Crippen molar-refractivity contribution >= 4 is 57.7 Å². The molecule has 7 atom stereocenters. The Hall–Kier alpha value is -3.78. The molecule has 2 aromatic rings. The summed E-state index contributed by atoms with van der Waals surface area (Å²) in [4.78, 5) is 71.0. The molecule has 0 aliphatic carbocycles. The largest absolute Gasteiger partial charge is 0.474 e. The van der Waals surface area contributed by atoms with Crippen molar-refractivity contribution in [2.45, 2.75) is 96.2 Å². The van der Waals surface area contributed by atoms with Gasteiger partial charge in [-0.3, -0.25) is 24.2 Å². The number of thiazole rings is 1. The Labute approximate surface area is 289 Å². The average molecular weight is 694 g/mol. The molecule has 12 nitrogen and oxygen atoms in total. The minimum Gasteiger partial charge on any atom is -0.474 e. The molecule has 48 heavy (non-hydrogen) atoms. The third-order valence-corrected chi connectivity index (χ3v) is 11.3. The van der Waals surface area contributed by atoms with Crippen LogP contribution in [0.5, 0.6) is 0 Å². The van der Waals surface area contributed by atoms with Gasteiger partial charge in [0.1, 0.15) is 34.9 Å². The van der Waals surface area contributed by atoms with E-state index in [1.165, 1.54) is 23.1 Å². The van der Waals surface area contributed by atoms with Crippen LogP contribution in [-0.4, -0.2) is 93.1 Å². The van der Waals surface area contributed by atoms with Crippen molar-refractivity contribution in [2.75, 3.05) is 12.3 Å². The van der Waals surface area contributed by atoms with Gasteiger partial charge in [0, 0.05) is 24.1 Å². The van der Waals surface area contributed by atoms with E-state index in [9.17, 15) is 19.2 Å². The van der Waals surface area contributed by atoms with Crippen molar-refractivity contribution in [2.24, 2.45) is 21.8 Å². The highest BCUT2D eigenvalue weighted by atomic mass is 32.2. The summed E-state index contributed by atoms with van der Waals surface area (Å²) in [5.41, 5.74) is 1.17. The van der Waals surface area contributed by atoms with Crippen molar-refractivity contribution in [1.82, 2.24) is 25.8 Å². The van der Waals surface area contributed by atoms with E-state index in [4.69, 9.17) is 14.7 Å². The van der Waals surface area contributed by atoms with Crippen LogP contribution in [0, 0.1) is 11.8 Å². The average Bonchev–Trinajstić information content (AvgIpc) is 3.88. The number of aromatic nitrogens is 1. The van der Waals surface area contributed by atoms with E-state index < -0.39 is 48.1 Å².